The number of sulfonamides is 1. The van der Waals surface area contributed by atoms with E-state index in [4.69, 9.17) is 9.47 Å². The van der Waals surface area contributed by atoms with Crippen molar-refractivity contribution in [3.8, 4) is 5.75 Å². The van der Waals surface area contributed by atoms with E-state index in [1.807, 2.05) is 18.2 Å². The van der Waals surface area contributed by atoms with Crippen LogP contribution in [0.25, 0.3) is 0 Å². The van der Waals surface area contributed by atoms with Crippen LogP contribution in [-0.4, -0.2) is 55.7 Å². The number of carbonyl (C=O) groups excluding carboxylic acids is 1. The van der Waals surface area contributed by atoms with Gasteiger partial charge in [0.2, 0.25) is 10.0 Å². The number of carbonyl (C=O) groups is 1. The molecular formula is C26H32N2O5S2. The lowest BCUT2D eigenvalue weighted by atomic mass is 10.2. The minimum absolute atomic E-state index is 0.125. The van der Waals surface area contributed by atoms with Crippen molar-refractivity contribution in [1.29, 1.82) is 0 Å². The number of ether oxygens (including phenoxy) is 2. The van der Waals surface area contributed by atoms with E-state index >= 15 is 0 Å². The third-order valence-corrected chi connectivity index (χ3v) is 8.64. The average molecular weight is 517 g/mol. The zero-order chi connectivity index (χ0) is 25.5. The number of nitrogens with zero attached hydrogens (tertiary/aromatic N) is 2. The van der Waals surface area contributed by atoms with E-state index in [0.717, 1.165) is 11.1 Å². The number of benzene rings is 2. The maximum Gasteiger partial charge on any atom is 0.344 e. The molecule has 1 heterocycles. The molecule has 35 heavy (non-hydrogen) atoms. The highest BCUT2D eigenvalue weighted by atomic mass is 32.3. The van der Waals surface area contributed by atoms with E-state index in [1.54, 1.807) is 43.5 Å². The summed E-state index contributed by atoms with van der Waals surface area (Å²) in [6.07, 6.45) is 9.56. The van der Waals surface area contributed by atoms with Gasteiger partial charge in [0, 0.05) is 25.5 Å². The third-order valence-electron chi connectivity index (χ3n) is 5.18. The molecule has 0 spiro atoms. The van der Waals surface area contributed by atoms with E-state index in [1.165, 1.54) is 15.4 Å². The van der Waals surface area contributed by atoms with Gasteiger partial charge in [-0.3, -0.25) is 4.98 Å². The molecule has 9 heteroatoms. The first kappa shape index (κ1) is 26.7. The first-order valence-corrected chi connectivity index (χ1v) is 15.4. The molecule has 7 nitrogen and oxygen atoms in total. The molecule has 0 N–H and O–H groups in total. The van der Waals surface area contributed by atoms with Crippen molar-refractivity contribution < 1.29 is 22.7 Å². The van der Waals surface area contributed by atoms with E-state index in [0.29, 0.717) is 5.75 Å². The van der Waals surface area contributed by atoms with Gasteiger partial charge in [-0.2, -0.15) is 4.31 Å². The molecule has 0 fully saturated rings. The van der Waals surface area contributed by atoms with Crippen molar-refractivity contribution >= 4 is 26.0 Å². The lowest BCUT2D eigenvalue weighted by Crippen LogP contribution is -2.30. The van der Waals surface area contributed by atoms with Gasteiger partial charge < -0.3 is 9.47 Å². The Labute approximate surface area is 209 Å². The van der Waals surface area contributed by atoms with Crippen LogP contribution in [0.5, 0.6) is 5.75 Å². The summed E-state index contributed by atoms with van der Waals surface area (Å²) in [6, 6.07) is 18.3. The van der Waals surface area contributed by atoms with Crippen molar-refractivity contribution in [2.45, 2.75) is 29.8 Å². The maximum atomic E-state index is 13.5. The Hall–Kier alpha value is -2.88. The van der Waals surface area contributed by atoms with Crippen LogP contribution in [-0.2, 0) is 32.6 Å². The Balaban J connectivity index is 1.87. The minimum atomic E-state index is -3.82. The van der Waals surface area contributed by atoms with Crippen molar-refractivity contribution in [1.82, 2.24) is 9.29 Å². The van der Waals surface area contributed by atoms with Crippen LogP contribution in [0.1, 0.15) is 18.1 Å². The number of hydrogen-bond donors (Lipinski definition) is 0. The predicted molar refractivity (Wildman–Crippen MR) is 139 cm³/mol. The minimum Gasteiger partial charge on any atom is -0.482 e. The molecule has 0 amide bonds. The Morgan fingerprint density at radius 2 is 1.63 bits per heavy atom. The van der Waals surface area contributed by atoms with Crippen LogP contribution in [0.3, 0.4) is 0 Å². The molecule has 3 rings (SSSR count). The van der Waals surface area contributed by atoms with E-state index < -0.39 is 26.0 Å². The van der Waals surface area contributed by atoms with Crippen molar-refractivity contribution in [2.75, 3.05) is 32.0 Å². The van der Waals surface area contributed by atoms with Gasteiger partial charge in [0.15, 0.2) is 6.61 Å². The first-order valence-electron chi connectivity index (χ1n) is 11.1. The topological polar surface area (TPSA) is 85.8 Å². The molecular weight excluding hydrogens is 484 g/mol. The third kappa shape index (κ3) is 7.55. The Morgan fingerprint density at radius 1 is 0.914 bits per heavy atom. The monoisotopic (exact) mass is 516 g/mol. The number of aromatic nitrogens is 1. The fourth-order valence-corrected chi connectivity index (χ4v) is 5.70. The van der Waals surface area contributed by atoms with Gasteiger partial charge in [0.25, 0.3) is 0 Å². The van der Waals surface area contributed by atoms with Crippen molar-refractivity contribution in [3.63, 3.8) is 0 Å². The Kier molecular flexibility index (Phi) is 8.93. The normalized spacial score (nSPS) is 12.4. The number of esters is 1. The van der Waals surface area contributed by atoms with Gasteiger partial charge in [-0.25, -0.2) is 23.2 Å². The molecule has 2 aromatic carbocycles. The molecule has 0 saturated heterocycles. The smallest absolute Gasteiger partial charge is 0.344 e. The average Bonchev–Trinajstić information content (AvgIpc) is 2.83. The molecule has 0 atom stereocenters. The second-order valence-electron chi connectivity index (χ2n) is 8.68. The number of rotatable bonds is 11. The molecule has 3 aromatic rings. The summed E-state index contributed by atoms with van der Waals surface area (Å²) >= 11 is 0. The van der Waals surface area contributed by atoms with Crippen LogP contribution in [0, 0.1) is 0 Å². The van der Waals surface area contributed by atoms with E-state index in [9.17, 15) is 13.2 Å². The lowest BCUT2D eigenvalue weighted by Gasteiger charge is -2.26. The van der Waals surface area contributed by atoms with Crippen LogP contribution in [0.15, 0.2) is 82.8 Å². The van der Waals surface area contributed by atoms with E-state index in [2.05, 4.69) is 35.9 Å². The highest BCUT2D eigenvalue weighted by molar-refractivity contribution is 8.32. The summed E-state index contributed by atoms with van der Waals surface area (Å²) < 4.78 is 38.9. The van der Waals surface area contributed by atoms with Crippen LogP contribution < -0.4 is 4.74 Å². The molecule has 0 aliphatic heterocycles. The molecule has 0 aliphatic carbocycles. The molecule has 1 aromatic heterocycles. The largest absolute Gasteiger partial charge is 0.482 e. The predicted octanol–water partition coefficient (Wildman–Crippen LogP) is 4.47. The molecule has 0 saturated carbocycles. The fourth-order valence-electron chi connectivity index (χ4n) is 3.36. The standard InChI is InChI=1S/C26H32N2O5S2/c1-5-32-26(29)20-33-23-9-6-8-22(16-23)19-28(35(30,31)25-10-7-15-27-17-25)18-21-11-13-24(14-12-21)34(2,3)4/h6-17H,5,18-20H2,1-4H3. The number of pyridine rings is 1. The molecule has 0 bridgehead atoms. The lowest BCUT2D eigenvalue weighted by molar-refractivity contribution is -0.145. The van der Waals surface area contributed by atoms with Crippen LogP contribution in [0.4, 0.5) is 0 Å². The summed E-state index contributed by atoms with van der Waals surface area (Å²) in [7, 11) is -4.70. The van der Waals surface area contributed by atoms with Gasteiger partial charge in [-0.15, -0.1) is 0 Å². The summed E-state index contributed by atoms with van der Waals surface area (Å²) in [5, 5.41) is 0. The Bertz CT molecular complexity index is 1220. The second kappa shape index (κ2) is 11.7. The second-order valence-corrected chi connectivity index (χ2v) is 14.8. The molecule has 0 unspecified atom stereocenters. The van der Waals surface area contributed by atoms with E-state index in [-0.39, 0.29) is 31.2 Å². The van der Waals surface area contributed by atoms with Gasteiger partial charge in [-0.1, -0.05) is 24.3 Å². The first-order chi connectivity index (χ1) is 16.6. The molecule has 0 radical (unpaired) electrons. The van der Waals surface area contributed by atoms with Gasteiger partial charge in [0.1, 0.15) is 10.6 Å². The quantitative estimate of drug-likeness (QED) is 0.350. The summed E-state index contributed by atoms with van der Waals surface area (Å²) in [5.74, 6) is 0.00556. The van der Waals surface area contributed by atoms with Gasteiger partial charge >= 0.3 is 5.97 Å². The maximum absolute atomic E-state index is 13.5. The zero-order valence-electron chi connectivity index (χ0n) is 20.5. The number of hydrogen-bond acceptors (Lipinski definition) is 6. The Morgan fingerprint density at radius 3 is 2.26 bits per heavy atom. The summed E-state index contributed by atoms with van der Waals surface area (Å²) in [4.78, 5) is 17.0. The van der Waals surface area contributed by atoms with Crippen molar-refractivity contribution in [2.24, 2.45) is 0 Å². The SMILES string of the molecule is CCOC(=O)COc1cccc(CN(Cc2ccc(S(C)(C)C)cc2)S(=O)(=O)c2cccnc2)c1. The highest BCUT2D eigenvalue weighted by Crippen LogP contribution is 2.44. The molecule has 0 aliphatic rings. The fraction of sp³-hybridized carbons (Fsp3) is 0.308. The molecule has 188 valence electrons. The highest BCUT2D eigenvalue weighted by Gasteiger charge is 2.25. The van der Waals surface area contributed by atoms with Crippen LogP contribution >= 0.6 is 10.0 Å². The zero-order valence-corrected chi connectivity index (χ0v) is 22.1. The summed E-state index contributed by atoms with van der Waals surface area (Å²) in [5.41, 5.74) is 1.62. The van der Waals surface area contributed by atoms with Crippen LogP contribution in [0.2, 0.25) is 0 Å². The van der Waals surface area contributed by atoms with Gasteiger partial charge in [0.05, 0.1) is 6.61 Å². The van der Waals surface area contributed by atoms with Gasteiger partial charge in [-0.05, 0) is 78.1 Å². The van der Waals surface area contributed by atoms with Crippen molar-refractivity contribution in [3.05, 3.63) is 84.2 Å². The summed E-state index contributed by atoms with van der Waals surface area (Å²) in [6.45, 7) is 2.12.